The van der Waals surface area contributed by atoms with Crippen molar-refractivity contribution >= 4 is 21.4 Å². The van der Waals surface area contributed by atoms with Gasteiger partial charge in [0.25, 0.3) is 5.56 Å². The van der Waals surface area contributed by atoms with Gasteiger partial charge >= 0.3 is 0 Å². The van der Waals surface area contributed by atoms with Gasteiger partial charge in [-0.05, 0) is 0 Å². The topological polar surface area (TPSA) is 85.3 Å². The predicted molar refractivity (Wildman–Crippen MR) is 79.7 cm³/mol. The fraction of sp³-hybridized carbons (Fsp3) is 0.385. The number of hydrogen-bond acceptors (Lipinski definition) is 7. The zero-order valence-electron chi connectivity index (χ0n) is 12.0. The Morgan fingerprint density at radius 1 is 1.38 bits per heavy atom. The Bertz CT molecular complexity index is 827. The van der Waals surface area contributed by atoms with Crippen LogP contribution >= 0.6 is 11.3 Å². The Morgan fingerprint density at radius 2 is 2.19 bits per heavy atom. The monoisotopic (exact) mass is 305 g/mol. The van der Waals surface area contributed by atoms with Crippen LogP contribution in [0, 0.1) is 0 Å². The van der Waals surface area contributed by atoms with Crippen molar-refractivity contribution in [3.8, 4) is 0 Å². The molecule has 0 radical (unpaired) electrons. The van der Waals surface area contributed by atoms with E-state index in [1.54, 1.807) is 6.20 Å². The van der Waals surface area contributed by atoms with Gasteiger partial charge in [0.2, 0.25) is 16.0 Å². The van der Waals surface area contributed by atoms with Gasteiger partial charge in [0, 0.05) is 17.7 Å². The molecule has 1 N–H and O–H groups in total. The highest BCUT2D eigenvalue weighted by Crippen LogP contribution is 2.23. The molecule has 7 nitrogen and oxygen atoms in total. The Balaban J connectivity index is 1.76. The van der Waals surface area contributed by atoms with Crippen LogP contribution in [0.4, 0.5) is 5.13 Å². The Labute approximate surface area is 124 Å². The van der Waals surface area contributed by atoms with Gasteiger partial charge in [-0.3, -0.25) is 4.79 Å². The molecule has 0 bridgehead atoms. The molecule has 0 aliphatic heterocycles. The first kappa shape index (κ1) is 13.7. The summed E-state index contributed by atoms with van der Waals surface area (Å²) in [5.41, 5.74) is -0.270. The maximum atomic E-state index is 11.6. The molecule has 110 valence electrons. The number of nitrogens with one attached hydrogen (secondary N) is 1. The molecule has 0 saturated carbocycles. The predicted octanol–water partition coefficient (Wildman–Crippen LogP) is 2.05. The summed E-state index contributed by atoms with van der Waals surface area (Å²) in [6.07, 6.45) is 3.21. The molecule has 0 aliphatic carbocycles. The zero-order chi connectivity index (χ0) is 15.0. The second-order valence-electron chi connectivity index (χ2n) is 5.61. The highest BCUT2D eigenvalue weighted by atomic mass is 32.1. The highest BCUT2D eigenvalue weighted by molar-refractivity contribution is 7.20. The summed E-state index contributed by atoms with van der Waals surface area (Å²) in [5.74, 6) is 1.42. The molecule has 0 atom stereocenters. The van der Waals surface area contributed by atoms with Gasteiger partial charge < -0.3 is 9.73 Å². The van der Waals surface area contributed by atoms with Gasteiger partial charge in [-0.15, -0.1) is 5.10 Å². The number of anilines is 1. The summed E-state index contributed by atoms with van der Waals surface area (Å²) >= 11 is 1.30. The van der Waals surface area contributed by atoms with Crippen LogP contribution in [0.25, 0.3) is 4.96 Å². The summed E-state index contributed by atoms with van der Waals surface area (Å²) in [6.45, 7) is 6.60. The quantitative estimate of drug-likeness (QED) is 0.797. The molecular formula is C13H15N5O2S. The molecule has 8 heteroatoms. The Hall–Kier alpha value is -2.22. The van der Waals surface area contributed by atoms with Crippen LogP contribution in [0.2, 0.25) is 0 Å². The third-order valence-corrected chi connectivity index (χ3v) is 3.73. The van der Waals surface area contributed by atoms with Crippen molar-refractivity contribution in [1.82, 2.24) is 19.6 Å². The van der Waals surface area contributed by atoms with E-state index in [-0.39, 0.29) is 11.0 Å². The van der Waals surface area contributed by atoms with E-state index < -0.39 is 0 Å². The fourth-order valence-corrected chi connectivity index (χ4v) is 2.48. The first-order valence-corrected chi connectivity index (χ1v) is 7.29. The van der Waals surface area contributed by atoms with Crippen molar-refractivity contribution in [2.24, 2.45) is 0 Å². The van der Waals surface area contributed by atoms with Crippen LogP contribution in [0.1, 0.15) is 32.4 Å². The van der Waals surface area contributed by atoms with Crippen molar-refractivity contribution in [2.45, 2.75) is 32.7 Å². The molecule has 0 amide bonds. The maximum Gasteiger partial charge on any atom is 0.275 e. The van der Waals surface area contributed by atoms with Crippen LogP contribution in [-0.2, 0) is 12.0 Å². The van der Waals surface area contributed by atoms with Crippen molar-refractivity contribution in [3.05, 3.63) is 40.5 Å². The summed E-state index contributed by atoms with van der Waals surface area (Å²) in [5, 5.41) is 7.85. The molecule has 3 aromatic rings. The van der Waals surface area contributed by atoms with E-state index in [4.69, 9.17) is 4.42 Å². The van der Waals surface area contributed by atoms with E-state index in [1.807, 2.05) is 0 Å². The molecule has 0 aliphatic rings. The number of hydrogen-bond donors (Lipinski definition) is 1. The standard InChI is InChI=1S/C13H15N5O2S/c1-13(2,3)8-6-15-9(20-8)7-16-11-17-18-10(19)4-5-14-12(18)21-11/h4-6H,7H2,1-3H3,(H,16,17). The van der Waals surface area contributed by atoms with Crippen LogP contribution in [0.15, 0.2) is 27.7 Å². The van der Waals surface area contributed by atoms with E-state index in [9.17, 15) is 4.79 Å². The van der Waals surface area contributed by atoms with Crippen LogP contribution in [0.3, 0.4) is 0 Å². The average Bonchev–Trinajstić information content (AvgIpc) is 3.02. The normalized spacial score (nSPS) is 12.0. The van der Waals surface area contributed by atoms with E-state index in [0.29, 0.717) is 22.5 Å². The minimum Gasteiger partial charge on any atom is -0.443 e. The first-order chi connectivity index (χ1) is 9.93. The lowest BCUT2D eigenvalue weighted by molar-refractivity contribution is 0.385. The fourth-order valence-electron chi connectivity index (χ4n) is 1.71. The minimum atomic E-state index is -0.199. The number of fused-ring (bicyclic) bond motifs is 1. The van der Waals surface area contributed by atoms with E-state index in [1.165, 1.54) is 28.1 Å². The van der Waals surface area contributed by atoms with Gasteiger partial charge in [-0.2, -0.15) is 4.52 Å². The summed E-state index contributed by atoms with van der Waals surface area (Å²) in [4.78, 5) is 20.5. The number of aromatic nitrogens is 4. The van der Waals surface area contributed by atoms with Crippen LogP contribution in [-0.4, -0.2) is 19.6 Å². The number of nitrogens with zero attached hydrogens (tertiary/aromatic N) is 4. The molecule has 21 heavy (non-hydrogen) atoms. The molecule has 0 aromatic carbocycles. The van der Waals surface area contributed by atoms with E-state index >= 15 is 0 Å². The molecule has 0 fully saturated rings. The Morgan fingerprint density at radius 3 is 2.86 bits per heavy atom. The summed E-state index contributed by atoms with van der Waals surface area (Å²) in [7, 11) is 0. The van der Waals surface area contributed by atoms with Crippen molar-refractivity contribution < 1.29 is 4.42 Å². The third-order valence-electron chi connectivity index (χ3n) is 2.85. The largest absolute Gasteiger partial charge is 0.443 e. The summed E-state index contributed by atoms with van der Waals surface area (Å²) < 4.78 is 6.95. The van der Waals surface area contributed by atoms with Gasteiger partial charge in [0.15, 0.2) is 0 Å². The maximum absolute atomic E-state index is 11.6. The third kappa shape index (κ3) is 2.80. The SMILES string of the molecule is CC(C)(C)c1cnc(CNc2nn3c(=O)ccnc3s2)o1. The number of oxazole rings is 1. The van der Waals surface area contributed by atoms with Gasteiger partial charge in [0.1, 0.15) is 5.76 Å². The molecule has 3 aromatic heterocycles. The first-order valence-electron chi connectivity index (χ1n) is 6.47. The van der Waals surface area contributed by atoms with Gasteiger partial charge in [-0.1, -0.05) is 32.1 Å². The molecule has 0 spiro atoms. The van der Waals surface area contributed by atoms with Crippen LogP contribution < -0.4 is 10.9 Å². The smallest absolute Gasteiger partial charge is 0.275 e. The van der Waals surface area contributed by atoms with Crippen LogP contribution in [0.5, 0.6) is 0 Å². The summed E-state index contributed by atoms with van der Waals surface area (Å²) in [6, 6.07) is 1.38. The second-order valence-corrected chi connectivity index (χ2v) is 6.56. The number of rotatable bonds is 3. The molecule has 3 rings (SSSR count). The van der Waals surface area contributed by atoms with Gasteiger partial charge in [-0.25, -0.2) is 9.97 Å². The molecular weight excluding hydrogens is 290 g/mol. The molecule has 0 unspecified atom stereocenters. The lowest BCUT2D eigenvalue weighted by atomic mass is 9.94. The molecule has 3 heterocycles. The van der Waals surface area contributed by atoms with Crippen molar-refractivity contribution in [1.29, 1.82) is 0 Å². The zero-order valence-corrected chi connectivity index (χ0v) is 12.8. The van der Waals surface area contributed by atoms with E-state index in [0.717, 1.165) is 5.76 Å². The lowest BCUT2D eigenvalue weighted by Crippen LogP contribution is -2.12. The van der Waals surface area contributed by atoms with Crippen molar-refractivity contribution in [2.75, 3.05) is 5.32 Å². The highest BCUT2D eigenvalue weighted by Gasteiger charge is 2.19. The Kier molecular flexibility index (Phi) is 3.25. The van der Waals surface area contributed by atoms with Crippen molar-refractivity contribution in [3.63, 3.8) is 0 Å². The molecule has 0 saturated heterocycles. The van der Waals surface area contributed by atoms with E-state index in [2.05, 4.69) is 41.2 Å². The van der Waals surface area contributed by atoms with Gasteiger partial charge in [0.05, 0.1) is 12.7 Å². The average molecular weight is 305 g/mol. The minimum absolute atomic E-state index is 0.0711. The lowest BCUT2D eigenvalue weighted by Gasteiger charge is -2.13. The second kappa shape index (κ2) is 4.96.